The molecule has 0 saturated heterocycles. The van der Waals surface area contributed by atoms with Gasteiger partial charge in [0.1, 0.15) is 12.4 Å². The van der Waals surface area contributed by atoms with Crippen molar-refractivity contribution in [1.29, 1.82) is 0 Å². The standard InChI is InChI=1S/C16H13ClOS/c1-11-5-6-12-8-15(19-16(12)7-11)10-18-14-4-2-3-13(17)9-14/h2-9H,10H2,1H3. The highest BCUT2D eigenvalue weighted by molar-refractivity contribution is 7.19. The Morgan fingerprint density at radius 2 is 2.00 bits per heavy atom. The quantitative estimate of drug-likeness (QED) is 0.623. The number of thiophene rings is 1. The molecule has 0 radical (unpaired) electrons. The Hall–Kier alpha value is -1.51. The van der Waals surface area contributed by atoms with Gasteiger partial charge in [-0.2, -0.15) is 0 Å². The van der Waals surface area contributed by atoms with Crippen molar-refractivity contribution in [3.8, 4) is 5.75 Å². The van der Waals surface area contributed by atoms with Crippen LogP contribution in [-0.2, 0) is 6.61 Å². The van der Waals surface area contributed by atoms with E-state index in [4.69, 9.17) is 16.3 Å². The van der Waals surface area contributed by atoms with Crippen LogP contribution >= 0.6 is 22.9 Å². The molecule has 0 atom stereocenters. The normalized spacial score (nSPS) is 10.8. The summed E-state index contributed by atoms with van der Waals surface area (Å²) in [6.07, 6.45) is 0. The first-order valence-corrected chi connectivity index (χ1v) is 7.27. The van der Waals surface area contributed by atoms with Gasteiger partial charge in [0.05, 0.1) is 0 Å². The molecule has 2 aromatic carbocycles. The Morgan fingerprint density at radius 1 is 1.11 bits per heavy atom. The highest BCUT2D eigenvalue weighted by Crippen LogP contribution is 2.28. The van der Waals surface area contributed by atoms with Gasteiger partial charge < -0.3 is 4.74 Å². The summed E-state index contributed by atoms with van der Waals surface area (Å²) in [6, 6.07) is 16.2. The molecule has 0 aliphatic carbocycles. The summed E-state index contributed by atoms with van der Waals surface area (Å²) in [4.78, 5) is 1.22. The Kier molecular flexibility index (Phi) is 3.45. The lowest BCUT2D eigenvalue weighted by atomic mass is 10.2. The molecule has 0 saturated carbocycles. The van der Waals surface area contributed by atoms with Crippen LogP contribution < -0.4 is 4.74 Å². The molecule has 0 aliphatic rings. The van der Waals surface area contributed by atoms with Crippen molar-refractivity contribution in [3.63, 3.8) is 0 Å². The number of benzene rings is 2. The SMILES string of the molecule is Cc1ccc2cc(COc3cccc(Cl)c3)sc2c1. The molecule has 0 spiro atoms. The molecule has 0 N–H and O–H groups in total. The van der Waals surface area contributed by atoms with Gasteiger partial charge in [-0.05, 0) is 48.2 Å². The Balaban J connectivity index is 1.78. The van der Waals surface area contributed by atoms with Gasteiger partial charge in [0.15, 0.2) is 0 Å². The van der Waals surface area contributed by atoms with E-state index in [0.717, 1.165) is 5.75 Å². The van der Waals surface area contributed by atoms with E-state index in [1.807, 2.05) is 24.3 Å². The fraction of sp³-hybridized carbons (Fsp3) is 0.125. The van der Waals surface area contributed by atoms with Crippen LogP contribution in [0.25, 0.3) is 10.1 Å². The van der Waals surface area contributed by atoms with Gasteiger partial charge in [-0.3, -0.25) is 0 Å². The van der Waals surface area contributed by atoms with Crippen LogP contribution in [-0.4, -0.2) is 0 Å². The zero-order valence-corrected chi connectivity index (χ0v) is 12.1. The van der Waals surface area contributed by atoms with Crippen LogP contribution in [0.15, 0.2) is 48.5 Å². The molecular weight excluding hydrogens is 276 g/mol. The van der Waals surface area contributed by atoms with Gasteiger partial charge in [-0.1, -0.05) is 29.8 Å². The van der Waals surface area contributed by atoms with Gasteiger partial charge in [-0.25, -0.2) is 0 Å². The summed E-state index contributed by atoms with van der Waals surface area (Å²) >= 11 is 7.71. The summed E-state index contributed by atoms with van der Waals surface area (Å²) < 4.78 is 7.07. The van der Waals surface area contributed by atoms with Gasteiger partial charge in [0, 0.05) is 14.6 Å². The van der Waals surface area contributed by atoms with Crippen LogP contribution in [0.5, 0.6) is 5.75 Å². The summed E-state index contributed by atoms with van der Waals surface area (Å²) in [5.41, 5.74) is 1.29. The zero-order valence-electron chi connectivity index (χ0n) is 10.5. The number of fused-ring (bicyclic) bond motifs is 1. The number of ether oxygens (including phenoxy) is 1. The van der Waals surface area contributed by atoms with Crippen molar-refractivity contribution < 1.29 is 4.74 Å². The minimum atomic E-state index is 0.582. The molecule has 19 heavy (non-hydrogen) atoms. The molecule has 0 aliphatic heterocycles. The second-order valence-corrected chi connectivity index (χ2v) is 6.10. The molecule has 0 fully saturated rings. The highest BCUT2D eigenvalue weighted by atomic mass is 35.5. The molecule has 3 heteroatoms. The molecule has 0 unspecified atom stereocenters. The molecule has 0 bridgehead atoms. The third-order valence-corrected chi connectivity index (χ3v) is 4.21. The fourth-order valence-electron chi connectivity index (χ4n) is 1.98. The predicted molar refractivity (Wildman–Crippen MR) is 82.3 cm³/mol. The van der Waals surface area contributed by atoms with Crippen LogP contribution in [0, 0.1) is 6.92 Å². The minimum absolute atomic E-state index is 0.582. The Morgan fingerprint density at radius 3 is 2.84 bits per heavy atom. The predicted octanol–water partition coefficient (Wildman–Crippen LogP) is 5.44. The zero-order chi connectivity index (χ0) is 13.2. The Bertz CT molecular complexity index is 718. The molecule has 0 amide bonds. The first-order chi connectivity index (χ1) is 9.20. The number of aryl methyl sites for hydroxylation is 1. The van der Waals surface area contributed by atoms with Crippen molar-refractivity contribution in [2.45, 2.75) is 13.5 Å². The molecular formula is C16H13ClOS. The maximum absolute atomic E-state index is 5.93. The number of halogens is 1. The van der Waals surface area contributed by atoms with Gasteiger partial charge in [-0.15, -0.1) is 11.3 Å². The Labute approximate surface area is 121 Å². The highest BCUT2D eigenvalue weighted by Gasteiger charge is 2.03. The number of rotatable bonds is 3. The van der Waals surface area contributed by atoms with Crippen molar-refractivity contribution in [2.24, 2.45) is 0 Å². The van der Waals surface area contributed by atoms with Crippen molar-refractivity contribution in [1.82, 2.24) is 0 Å². The van der Waals surface area contributed by atoms with Crippen molar-refractivity contribution in [3.05, 3.63) is 64.0 Å². The molecule has 1 heterocycles. The van der Waals surface area contributed by atoms with Crippen LogP contribution in [0.3, 0.4) is 0 Å². The fourth-order valence-corrected chi connectivity index (χ4v) is 3.23. The van der Waals surface area contributed by atoms with Gasteiger partial charge in [0.2, 0.25) is 0 Å². The lowest BCUT2D eigenvalue weighted by molar-refractivity contribution is 0.310. The van der Waals surface area contributed by atoms with E-state index in [0.29, 0.717) is 11.6 Å². The largest absolute Gasteiger partial charge is 0.488 e. The van der Waals surface area contributed by atoms with Crippen LogP contribution in [0.2, 0.25) is 5.02 Å². The van der Waals surface area contributed by atoms with Gasteiger partial charge >= 0.3 is 0 Å². The summed E-state index contributed by atoms with van der Waals surface area (Å²) in [6.45, 7) is 2.69. The van der Waals surface area contributed by atoms with E-state index >= 15 is 0 Å². The average molecular weight is 289 g/mol. The monoisotopic (exact) mass is 288 g/mol. The first kappa shape index (κ1) is 12.5. The van der Waals surface area contributed by atoms with Crippen molar-refractivity contribution in [2.75, 3.05) is 0 Å². The van der Waals surface area contributed by atoms with Crippen molar-refractivity contribution >= 4 is 33.0 Å². The number of hydrogen-bond acceptors (Lipinski definition) is 2. The third kappa shape index (κ3) is 2.91. The average Bonchev–Trinajstić information content (AvgIpc) is 2.78. The second-order valence-electron chi connectivity index (χ2n) is 4.50. The first-order valence-electron chi connectivity index (χ1n) is 6.08. The van der Waals surface area contributed by atoms with Gasteiger partial charge in [0.25, 0.3) is 0 Å². The van der Waals surface area contributed by atoms with Crippen LogP contribution in [0.4, 0.5) is 0 Å². The molecule has 1 nitrogen and oxygen atoms in total. The molecule has 3 aromatic rings. The van der Waals surface area contributed by atoms with Crippen LogP contribution in [0.1, 0.15) is 10.4 Å². The topological polar surface area (TPSA) is 9.23 Å². The van der Waals surface area contributed by atoms with E-state index in [1.54, 1.807) is 11.3 Å². The van der Waals surface area contributed by atoms with E-state index in [9.17, 15) is 0 Å². The summed E-state index contributed by atoms with van der Waals surface area (Å²) in [5, 5.41) is 1.98. The maximum atomic E-state index is 5.93. The molecule has 96 valence electrons. The molecule has 3 rings (SSSR count). The number of hydrogen-bond donors (Lipinski definition) is 0. The third-order valence-electron chi connectivity index (χ3n) is 2.90. The summed E-state index contributed by atoms with van der Waals surface area (Å²) in [7, 11) is 0. The maximum Gasteiger partial charge on any atom is 0.122 e. The minimum Gasteiger partial charge on any atom is -0.488 e. The van der Waals surface area contributed by atoms with E-state index < -0.39 is 0 Å². The molecule has 1 aromatic heterocycles. The summed E-state index contributed by atoms with van der Waals surface area (Å²) in [5.74, 6) is 0.807. The lowest BCUT2D eigenvalue weighted by Crippen LogP contribution is -1.92. The lowest BCUT2D eigenvalue weighted by Gasteiger charge is -2.04. The van der Waals surface area contributed by atoms with E-state index in [2.05, 4.69) is 31.2 Å². The smallest absolute Gasteiger partial charge is 0.122 e. The van der Waals surface area contributed by atoms with E-state index in [1.165, 1.54) is 20.5 Å². The second kappa shape index (κ2) is 5.24. The van der Waals surface area contributed by atoms with E-state index in [-0.39, 0.29) is 0 Å².